The molecule has 0 bridgehead atoms. The van der Waals surface area contributed by atoms with Crippen molar-refractivity contribution >= 4 is 21.8 Å². The van der Waals surface area contributed by atoms with E-state index in [1.54, 1.807) is 6.20 Å². The molecular weight excluding hydrogens is 256 g/mol. The molecule has 1 N–H and O–H groups in total. The number of piperidine rings is 1. The fourth-order valence-corrected chi connectivity index (χ4v) is 2.22. The van der Waals surface area contributed by atoms with E-state index in [1.165, 1.54) is 0 Å². The third kappa shape index (κ3) is 2.43. The van der Waals surface area contributed by atoms with Gasteiger partial charge in [-0.1, -0.05) is 6.92 Å². The minimum absolute atomic E-state index is 0.118. The summed E-state index contributed by atoms with van der Waals surface area (Å²) in [4.78, 5) is 16.9. The van der Waals surface area contributed by atoms with Crippen molar-refractivity contribution in [2.45, 2.75) is 19.8 Å². The summed E-state index contributed by atoms with van der Waals surface area (Å²) in [5, 5.41) is 0. The van der Waals surface area contributed by atoms with Gasteiger partial charge in [-0.3, -0.25) is 4.79 Å². The second-order valence-electron chi connectivity index (χ2n) is 4.21. The maximum Gasteiger partial charge on any atom is 0.270 e. The van der Waals surface area contributed by atoms with Crippen LogP contribution < -0.4 is 0 Å². The Balaban J connectivity index is 2.02. The number of halogens is 1. The first kappa shape index (κ1) is 10.7. The molecule has 1 aliphatic rings. The van der Waals surface area contributed by atoms with Crippen LogP contribution in [-0.2, 0) is 0 Å². The highest BCUT2D eigenvalue weighted by molar-refractivity contribution is 9.10. The van der Waals surface area contributed by atoms with E-state index in [-0.39, 0.29) is 5.91 Å². The number of nitrogens with zero attached hydrogens (tertiary/aromatic N) is 1. The molecule has 1 aliphatic heterocycles. The molecule has 1 aromatic heterocycles. The molecular formula is C11H15BrN2O. The number of nitrogens with one attached hydrogen (secondary N) is 1. The van der Waals surface area contributed by atoms with Crippen molar-refractivity contribution in [1.82, 2.24) is 9.88 Å². The molecule has 2 rings (SSSR count). The molecule has 1 amide bonds. The van der Waals surface area contributed by atoms with Crippen molar-refractivity contribution in [3.05, 3.63) is 22.4 Å². The number of hydrogen-bond donors (Lipinski definition) is 1. The van der Waals surface area contributed by atoms with E-state index < -0.39 is 0 Å². The maximum atomic E-state index is 12.0. The van der Waals surface area contributed by atoms with Crippen LogP contribution in [0.25, 0.3) is 0 Å². The van der Waals surface area contributed by atoms with Gasteiger partial charge in [-0.2, -0.15) is 0 Å². The highest BCUT2D eigenvalue weighted by Gasteiger charge is 2.21. The van der Waals surface area contributed by atoms with Gasteiger partial charge in [0, 0.05) is 23.8 Å². The Morgan fingerprint density at radius 3 is 2.73 bits per heavy atom. The van der Waals surface area contributed by atoms with E-state index >= 15 is 0 Å². The van der Waals surface area contributed by atoms with Crippen LogP contribution in [-0.4, -0.2) is 28.9 Å². The van der Waals surface area contributed by atoms with Crippen LogP contribution >= 0.6 is 15.9 Å². The number of likely N-dealkylation sites (tertiary alicyclic amines) is 1. The topological polar surface area (TPSA) is 36.1 Å². The third-order valence-corrected chi connectivity index (χ3v) is 3.41. The minimum atomic E-state index is 0.118. The second kappa shape index (κ2) is 4.39. The smallest absolute Gasteiger partial charge is 0.270 e. The van der Waals surface area contributed by atoms with Crippen LogP contribution in [0.3, 0.4) is 0 Å². The number of H-pyrrole nitrogens is 1. The highest BCUT2D eigenvalue weighted by Crippen LogP contribution is 2.19. The maximum absolute atomic E-state index is 12.0. The zero-order valence-corrected chi connectivity index (χ0v) is 10.4. The molecule has 2 heterocycles. The molecule has 15 heavy (non-hydrogen) atoms. The van der Waals surface area contributed by atoms with Crippen molar-refractivity contribution in [3.63, 3.8) is 0 Å². The van der Waals surface area contributed by atoms with Crippen LogP contribution in [0.4, 0.5) is 0 Å². The molecule has 1 aromatic rings. The lowest BCUT2D eigenvalue weighted by Gasteiger charge is -2.29. The van der Waals surface area contributed by atoms with Gasteiger partial charge < -0.3 is 9.88 Å². The summed E-state index contributed by atoms with van der Waals surface area (Å²) in [5.74, 6) is 0.872. The molecule has 82 valence electrons. The molecule has 1 saturated heterocycles. The van der Waals surface area contributed by atoms with Crippen molar-refractivity contribution in [1.29, 1.82) is 0 Å². The first-order valence-electron chi connectivity index (χ1n) is 5.30. The molecule has 0 atom stereocenters. The summed E-state index contributed by atoms with van der Waals surface area (Å²) in [7, 11) is 0. The lowest BCUT2D eigenvalue weighted by molar-refractivity contribution is 0.0692. The molecule has 4 heteroatoms. The fourth-order valence-electron chi connectivity index (χ4n) is 1.87. The number of aromatic amines is 1. The Hall–Kier alpha value is -0.770. The number of hydrogen-bond acceptors (Lipinski definition) is 1. The van der Waals surface area contributed by atoms with E-state index in [2.05, 4.69) is 27.8 Å². The molecule has 0 saturated carbocycles. The van der Waals surface area contributed by atoms with Crippen LogP contribution in [0.2, 0.25) is 0 Å². The molecule has 0 unspecified atom stereocenters. The van der Waals surface area contributed by atoms with Gasteiger partial charge in [-0.05, 0) is 40.8 Å². The first-order valence-corrected chi connectivity index (χ1v) is 6.09. The Morgan fingerprint density at radius 1 is 1.53 bits per heavy atom. The van der Waals surface area contributed by atoms with Gasteiger partial charge in [0.1, 0.15) is 5.69 Å². The van der Waals surface area contributed by atoms with Crippen molar-refractivity contribution in [2.75, 3.05) is 13.1 Å². The average molecular weight is 271 g/mol. The Bertz CT molecular complexity index is 353. The average Bonchev–Trinajstić information content (AvgIpc) is 2.65. The molecule has 0 spiro atoms. The van der Waals surface area contributed by atoms with Crippen LogP contribution in [0.1, 0.15) is 30.3 Å². The molecule has 0 radical (unpaired) electrons. The molecule has 0 aliphatic carbocycles. The fraction of sp³-hybridized carbons (Fsp3) is 0.545. The number of carbonyl (C=O) groups is 1. The van der Waals surface area contributed by atoms with E-state index in [4.69, 9.17) is 0 Å². The van der Waals surface area contributed by atoms with E-state index in [9.17, 15) is 4.79 Å². The summed E-state index contributed by atoms with van der Waals surface area (Å²) in [6, 6.07) is 1.83. The van der Waals surface area contributed by atoms with Gasteiger partial charge in [0.15, 0.2) is 0 Å². The Labute approximate surface area is 98.0 Å². The summed E-state index contributed by atoms with van der Waals surface area (Å²) < 4.78 is 0.927. The monoisotopic (exact) mass is 270 g/mol. The molecule has 1 fully saturated rings. The van der Waals surface area contributed by atoms with Gasteiger partial charge in [0.2, 0.25) is 0 Å². The van der Waals surface area contributed by atoms with Crippen molar-refractivity contribution in [3.8, 4) is 0 Å². The summed E-state index contributed by atoms with van der Waals surface area (Å²) in [6.45, 7) is 4.01. The normalized spacial score (nSPS) is 18.1. The SMILES string of the molecule is CC1CCN(C(=O)c2cc(Br)c[nH]2)CC1. The third-order valence-electron chi connectivity index (χ3n) is 2.95. The largest absolute Gasteiger partial charge is 0.356 e. The van der Waals surface area contributed by atoms with Gasteiger partial charge >= 0.3 is 0 Å². The van der Waals surface area contributed by atoms with Crippen LogP contribution in [0.5, 0.6) is 0 Å². The Kier molecular flexibility index (Phi) is 3.14. The van der Waals surface area contributed by atoms with Crippen molar-refractivity contribution in [2.24, 2.45) is 5.92 Å². The second-order valence-corrected chi connectivity index (χ2v) is 5.12. The quantitative estimate of drug-likeness (QED) is 0.837. The van der Waals surface area contributed by atoms with Crippen LogP contribution in [0.15, 0.2) is 16.7 Å². The number of amides is 1. The van der Waals surface area contributed by atoms with E-state index in [0.29, 0.717) is 5.69 Å². The zero-order chi connectivity index (χ0) is 10.8. The van der Waals surface area contributed by atoms with Gasteiger partial charge in [0.05, 0.1) is 0 Å². The predicted molar refractivity (Wildman–Crippen MR) is 62.8 cm³/mol. The summed E-state index contributed by atoms with van der Waals surface area (Å²) >= 11 is 3.33. The zero-order valence-electron chi connectivity index (χ0n) is 8.79. The lowest BCUT2D eigenvalue weighted by atomic mass is 9.99. The van der Waals surface area contributed by atoms with Gasteiger partial charge in [0.25, 0.3) is 5.91 Å². The number of rotatable bonds is 1. The van der Waals surface area contributed by atoms with Crippen molar-refractivity contribution < 1.29 is 4.79 Å². The molecule has 3 nitrogen and oxygen atoms in total. The standard InChI is InChI=1S/C11H15BrN2O/c1-8-2-4-14(5-3-8)11(15)10-6-9(12)7-13-10/h6-8,13H,2-5H2,1H3. The lowest BCUT2D eigenvalue weighted by Crippen LogP contribution is -2.38. The summed E-state index contributed by atoms with van der Waals surface area (Å²) in [5.41, 5.74) is 0.677. The van der Waals surface area contributed by atoms with Gasteiger partial charge in [-0.15, -0.1) is 0 Å². The van der Waals surface area contributed by atoms with Crippen LogP contribution in [0, 0.1) is 5.92 Å². The minimum Gasteiger partial charge on any atom is -0.356 e. The number of aromatic nitrogens is 1. The highest BCUT2D eigenvalue weighted by atomic mass is 79.9. The first-order chi connectivity index (χ1) is 7.16. The van der Waals surface area contributed by atoms with Gasteiger partial charge in [-0.25, -0.2) is 0 Å². The van der Waals surface area contributed by atoms with E-state index in [1.807, 2.05) is 11.0 Å². The summed E-state index contributed by atoms with van der Waals surface area (Å²) in [6.07, 6.45) is 4.03. The number of carbonyl (C=O) groups excluding carboxylic acids is 1. The predicted octanol–water partition coefficient (Wildman–Crippen LogP) is 2.65. The Morgan fingerprint density at radius 2 is 2.20 bits per heavy atom. The van der Waals surface area contributed by atoms with E-state index in [0.717, 1.165) is 36.3 Å². The molecule has 0 aromatic carbocycles.